The van der Waals surface area contributed by atoms with Crippen LogP contribution in [0.3, 0.4) is 0 Å². The maximum absolute atomic E-state index is 13.5. The van der Waals surface area contributed by atoms with E-state index < -0.39 is 17.9 Å². The van der Waals surface area contributed by atoms with Gasteiger partial charge in [0.25, 0.3) is 5.56 Å². The molecule has 0 bridgehead atoms. The van der Waals surface area contributed by atoms with Crippen molar-refractivity contribution in [1.29, 1.82) is 0 Å². The summed E-state index contributed by atoms with van der Waals surface area (Å²) >= 11 is 0. The molecule has 5 aromatic rings. The Bertz CT molecular complexity index is 1690. The fourth-order valence-corrected chi connectivity index (χ4v) is 5.44. The maximum Gasteiger partial charge on any atom is 0.416 e. The number of aryl methyl sites for hydroxylation is 2. The van der Waals surface area contributed by atoms with Gasteiger partial charge >= 0.3 is 6.18 Å². The summed E-state index contributed by atoms with van der Waals surface area (Å²) in [7, 11) is 0. The van der Waals surface area contributed by atoms with Gasteiger partial charge in [0.2, 0.25) is 0 Å². The van der Waals surface area contributed by atoms with Gasteiger partial charge in [0.05, 0.1) is 11.1 Å². The number of tetrazole rings is 1. The molecule has 11 heteroatoms. The van der Waals surface area contributed by atoms with Crippen molar-refractivity contribution in [3.63, 3.8) is 0 Å². The zero-order chi connectivity index (χ0) is 28.4. The lowest BCUT2D eigenvalue weighted by Crippen LogP contribution is -2.51. The van der Waals surface area contributed by atoms with E-state index in [4.69, 9.17) is 0 Å². The molecule has 1 aliphatic rings. The number of benzene rings is 3. The predicted octanol–water partition coefficient (Wildman–Crippen LogP) is 4.62. The Morgan fingerprint density at radius 2 is 1.59 bits per heavy atom. The monoisotopic (exact) mass is 559 g/mol. The summed E-state index contributed by atoms with van der Waals surface area (Å²) in [6.45, 7) is 2.45. The molecule has 41 heavy (non-hydrogen) atoms. The average molecular weight is 560 g/mol. The number of nitrogens with zero attached hydrogens (tertiary/aromatic N) is 7. The van der Waals surface area contributed by atoms with Gasteiger partial charge in [-0.3, -0.25) is 14.3 Å². The van der Waals surface area contributed by atoms with Gasteiger partial charge in [-0.2, -0.15) is 13.2 Å². The number of hydrogen-bond acceptors (Lipinski definition) is 6. The molecular weight excluding hydrogens is 531 g/mol. The molecule has 210 valence electrons. The first kappa shape index (κ1) is 26.7. The summed E-state index contributed by atoms with van der Waals surface area (Å²) in [5, 5.41) is 13.6. The van der Waals surface area contributed by atoms with Crippen LogP contribution < -0.4 is 10.5 Å². The normalized spacial score (nSPS) is 15.3. The Morgan fingerprint density at radius 3 is 2.37 bits per heavy atom. The van der Waals surface area contributed by atoms with E-state index in [0.717, 1.165) is 22.5 Å². The van der Waals surface area contributed by atoms with Gasteiger partial charge < -0.3 is 4.90 Å². The third-order valence-electron chi connectivity index (χ3n) is 7.53. The predicted molar refractivity (Wildman–Crippen MR) is 150 cm³/mol. The van der Waals surface area contributed by atoms with Crippen molar-refractivity contribution >= 4 is 16.6 Å². The fraction of sp³-hybridized carbons (Fsp3) is 0.267. The van der Waals surface area contributed by atoms with E-state index in [2.05, 4.69) is 20.4 Å². The van der Waals surface area contributed by atoms with Gasteiger partial charge in [0.15, 0.2) is 12.0 Å². The second-order valence-electron chi connectivity index (χ2n) is 10.0. The van der Waals surface area contributed by atoms with Crippen molar-refractivity contribution in [2.24, 2.45) is 0 Å². The van der Waals surface area contributed by atoms with Gasteiger partial charge in [0, 0.05) is 44.5 Å². The highest BCUT2D eigenvalue weighted by Crippen LogP contribution is 2.32. The van der Waals surface area contributed by atoms with Crippen LogP contribution in [0.4, 0.5) is 18.9 Å². The molecule has 1 unspecified atom stereocenters. The number of alkyl halides is 3. The minimum atomic E-state index is -4.41. The van der Waals surface area contributed by atoms with Gasteiger partial charge in [-0.05, 0) is 58.1 Å². The van der Waals surface area contributed by atoms with Crippen LogP contribution in [0, 0.1) is 0 Å². The maximum atomic E-state index is 13.5. The minimum absolute atomic E-state index is 0.188. The Balaban J connectivity index is 1.34. The first-order valence-corrected chi connectivity index (χ1v) is 13.4. The molecule has 0 aliphatic carbocycles. The molecule has 8 nitrogen and oxygen atoms in total. The van der Waals surface area contributed by atoms with Crippen LogP contribution in [-0.2, 0) is 19.1 Å². The number of anilines is 1. The number of fused-ring (bicyclic) bond motifs is 1. The Morgan fingerprint density at radius 1 is 0.829 bits per heavy atom. The molecule has 1 fully saturated rings. The molecule has 3 aromatic carbocycles. The van der Waals surface area contributed by atoms with Crippen molar-refractivity contribution in [3.8, 4) is 0 Å². The smallest absolute Gasteiger partial charge is 0.369 e. The number of halogens is 3. The lowest BCUT2D eigenvalue weighted by atomic mass is 10.1. The third-order valence-corrected chi connectivity index (χ3v) is 7.53. The van der Waals surface area contributed by atoms with Crippen molar-refractivity contribution in [1.82, 2.24) is 29.7 Å². The van der Waals surface area contributed by atoms with E-state index in [-0.39, 0.29) is 5.56 Å². The average Bonchev–Trinajstić information content (AvgIpc) is 3.46. The molecule has 3 heterocycles. The van der Waals surface area contributed by atoms with Crippen LogP contribution in [-0.4, -0.2) is 55.9 Å². The number of para-hydroxylation sites is 1. The quantitative estimate of drug-likeness (QED) is 0.290. The lowest BCUT2D eigenvalue weighted by Gasteiger charge is -2.40. The van der Waals surface area contributed by atoms with Crippen LogP contribution in [0.15, 0.2) is 95.8 Å². The van der Waals surface area contributed by atoms with E-state index >= 15 is 0 Å². The van der Waals surface area contributed by atoms with Crippen LogP contribution in [0.2, 0.25) is 0 Å². The van der Waals surface area contributed by atoms with Crippen molar-refractivity contribution in [3.05, 3.63) is 118 Å². The van der Waals surface area contributed by atoms with Crippen molar-refractivity contribution in [2.75, 3.05) is 31.1 Å². The molecule has 6 rings (SSSR count). The fourth-order valence-electron chi connectivity index (χ4n) is 5.44. The highest BCUT2D eigenvalue weighted by Gasteiger charge is 2.34. The molecular formula is C30H28F3N7O. The highest BCUT2D eigenvalue weighted by molar-refractivity contribution is 5.79. The van der Waals surface area contributed by atoms with Crippen LogP contribution in [0.5, 0.6) is 0 Å². The molecule has 0 N–H and O–H groups in total. The molecule has 0 spiro atoms. The standard InChI is InChI=1S/C30H28F3N7O/c31-30(32,33)24-10-6-11-25(21-24)37-17-19-38(20-18-37)29(40-26-12-5-4-9-23(26)13-14-27(40)41)28-34-35-36-39(28)16-15-22-7-2-1-3-8-22/h1-14,21,29H,15-20H2. The van der Waals surface area contributed by atoms with Crippen molar-refractivity contribution in [2.45, 2.75) is 25.3 Å². The summed E-state index contributed by atoms with van der Waals surface area (Å²) in [6.07, 6.45) is -4.31. The van der Waals surface area contributed by atoms with Gasteiger partial charge in [-0.15, -0.1) is 5.10 Å². The van der Waals surface area contributed by atoms with Gasteiger partial charge in [-0.1, -0.05) is 54.6 Å². The molecule has 0 radical (unpaired) electrons. The molecule has 1 atom stereocenters. The van der Waals surface area contributed by atoms with Gasteiger partial charge in [0.1, 0.15) is 0 Å². The molecule has 0 amide bonds. The summed E-state index contributed by atoms with van der Waals surface area (Å²) in [6, 6.07) is 26.4. The van der Waals surface area contributed by atoms with E-state index in [1.165, 1.54) is 12.1 Å². The Labute approximate surface area is 234 Å². The zero-order valence-electron chi connectivity index (χ0n) is 22.2. The highest BCUT2D eigenvalue weighted by atomic mass is 19.4. The number of piperazine rings is 1. The minimum Gasteiger partial charge on any atom is -0.369 e. The lowest BCUT2D eigenvalue weighted by molar-refractivity contribution is -0.137. The number of pyridine rings is 1. The van der Waals surface area contributed by atoms with Gasteiger partial charge in [-0.25, -0.2) is 4.68 Å². The van der Waals surface area contributed by atoms with Crippen molar-refractivity contribution < 1.29 is 13.2 Å². The Hall–Kier alpha value is -4.51. The first-order valence-electron chi connectivity index (χ1n) is 13.4. The molecule has 0 saturated carbocycles. The van der Waals surface area contributed by atoms with E-state index in [1.807, 2.05) is 59.5 Å². The molecule has 1 saturated heterocycles. The molecule has 2 aromatic heterocycles. The largest absolute Gasteiger partial charge is 0.416 e. The number of aromatic nitrogens is 5. The summed E-state index contributed by atoms with van der Waals surface area (Å²) in [5.74, 6) is 0.534. The van der Waals surface area contributed by atoms with E-state index in [0.29, 0.717) is 50.7 Å². The van der Waals surface area contributed by atoms with Crippen LogP contribution >= 0.6 is 0 Å². The summed E-state index contributed by atoms with van der Waals surface area (Å²) < 4.78 is 43.5. The Kier molecular flexibility index (Phi) is 7.27. The summed E-state index contributed by atoms with van der Waals surface area (Å²) in [4.78, 5) is 17.5. The number of hydrogen-bond donors (Lipinski definition) is 0. The van der Waals surface area contributed by atoms with Crippen LogP contribution in [0.1, 0.15) is 23.1 Å². The first-order chi connectivity index (χ1) is 19.9. The zero-order valence-corrected chi connectivity index (χ0v) is 22.2. The topological polar surface area (TPSA) is 72.1 Å². The second kappa shape index (κ2) is 11.2. The summed E-state index contributed by atoms with van der Waals surface area (Å²) in [5.41, 5.74) is 1.55. The molecule has 1 aliphatic heterocycles. The van der Waals surface area contributed by atoms with E-state index in [1.54, 1.807) is 27.4 Å². The number of rotatable bonds is 7. The van der Waals surface area contributed by atoms with Crippen LogP contribution in [0.25, 0.3) is 10.9 Å². The second-order valence-corrected chi connectivity index (χ2v) is 10.0. The van der Waals surface area contributed by atoms with E-state index in [9.17, 15) is 18.0 Å². The third kappa shape index (κ3) is 5.58. The SMILES string of the molecule is O=c1ccc2ccccc2n1C(c1nnnn1CCc1ccccc1)N1CCN(c2cccc(C(F)(F)F)c2)CC1.